The second kappa shape index (κ2) is 9.06. The molecule has 0 atom stereocenters. The summed E-state index contributed by atoms with van der Waals surface area (Å²) in [4.78, 5) is 8.29. The molecule has 35 heavy (non-hydrogen) atoms. The third-order valence-electron chi connectivity index (χ3n) is 4.92. The number of hydrogen-bond donors (Lipinski definition) is 0. The highest BCUT2D eigenvalue weighted by Gasteiger charge is 2.31. The molecular weight excluding hydrogens is 472 g/mol. The Labute approximate surface area is 194 Å². The van der Waals surface area contributed by atoms with Crippen molar-refractivity contribution >= 4 is 11.8 Å². The molecule has 0 bridgehead atoms. The molecule has 0 radical (unpaired) electrons. The molecule has 2 aromatic carbocycles. The van der Waals surface area contributed by atoms with E-state index in [0.29, 0.717) is 5.56 Å². The third-order valence-corrected chi connectivity index (χ3v) is 4.92. The van der Waals surface area contributed by atoms with Gasteiger partial charge in [0.25, 0.3) is 0 Å². The summed E-state index contributed by atoms with van der Waals surface area (Å²) >= 11 is 0. The Morgan fingerprint density at radius 2 is 1.40 bits per heavy atom. The normalized spacial score (nSPS) is 12.4. The van der Waals surface area contributed by atoms with E-state index in [1.54, 1.807) is 12.1 Å². The minimum absolute atomic E-state index is 0.0216. The minimum Gasteiger partial charge on any atom is -0.264 e. The van der Waals surface area contributed by atoms with Gasteiger partial charge in [0.1, 0.15) is 6.07 Å². The Morgan fingerprint density at radius 1 is 0.829 bits per heavy atom. The topological polar surface area (TPSA) is 67.4 Å². The lowest BCUT2D eigenvalue weighted by molar-refractivity contribution is -0.138. The summed E-state index contributed by atoms with van der Waals surface area (Å²) in [5.41, 5.74) is -0.623. The predicted octanol–water partition coefficient (Wildman–Crippen LogP) is 6.57. The lowest BCUT2D eigenvalue weighted by Gasteiger charge is -2.07. The maximum absolute atomic E-state index is 13.0. The van der Waals surface area contributed by atoms with E-state index in [-0.39, 0.29) is 28.3 Å². The van der Waals surface area contributed by atoms with E-state index in [9.17, 15) is 31.6 Å². The van der Waals surface area contributed by atoms with Crippen molar-refractivity contribution in [3.8, 4) is 28.8 Å². The summed E-state index contributed by atoms with van der Waals surface area (Å²) in [6, 6.07) is 13.5. The summed E-state index contributed by atoms with van der Waals surface area (Å²) in [5, 5.41) is 13.9. The summed E-state index contributed by atoms with van der Waals surface area (Å²) in [7, 11) is 0. The van der Waals surface area contributed by atoms with Gasteiger partial charge >= 0.3 is 12.4 Å². The summed E-state index contributed by atoms with van der Waals surface area (Å²) in [5.74, 6) is 0.110. The quantitative estimate of drug-likeness (QED) is 0.242. The average molecular weight is 485 g/mol. The lowest BCUT2D eigenvalue weighted by Crippen LogP contribution is -2.04. The van der Waals surface area contributed by atoms with Gasteiger partial charge in [-0.3, -0.25) is 4.98 Å². The average Bonchev–Trinajstić information content (AvgIpc) is 3.26. The molecular formula is C24H13F6N5. The van der Waals surface area contributed by atoms with E-state index in [1.165, 1.54) is 47.5 Å². The van der Waals surface area contributed by atoms with Crippen molar-refractivity contribution in [3.05, 3.63) is 89.7 Å². The zero-order chi connectivity index (χ0) is 25.2. The van der Waals surface area contributed by atoms with Gasteiger partial charge in [0.05, 0.1) is 16.7 Å². The van der Waals surface area contributed by atoms with Gasteiger partial charge in [0.2, 0.25) is 0 Å². The minimum atomic E-state index is -4.54. The van der Waals surface area contributed by atoms with Gasteiger partial charge in [-0.15, -0.1) is 5.10 Å². The molecule has 0 aliphatic rings. The molecule has 0 aliphatic carbocycles. The molecule has 4 rings (SSSR count). The van der Waals surface area contributed by atoms with Crippen molar-refractivity contribution in [2.75, 3.05) is 0 Å². The van der Waals surface area contributed by atoms with Crippen LogP contribution in [0.4, 0.5) is 26.3 Å². The fourth-order valence-corrected chi connectivity index (χ4v) is 3.16. The SMILES string of the molecule is N#C/C(=C/n1nc(-c2ccc(C(F)(F)F)cc2)nc1-c1ccc(C(F)(F)F)cc1)c1cccnc1. The molecule has 0 amide bonds. The summed E-state index contributed by atoms with van der Waals surface area (Å²) < 4.78 is 78.9. The van der Waals surface area contributed by atoms with E-state index in [2.05, 4.69) is 15.1 Å². The molecule has 0 spiro atoms. The molecule has 0 saturated carbocycles. The van der Waals surface area contributed by atoms with Crippen LogP contribution < -0.4 is 0 Å². The molecule has 0 saturated heterocycles. The number of aromatic nitrogens is 4. The number of nitrogens with zero attached hydrogens (tertiary/aromatic N) is 5. The third kappa shape index (κ3) is 5.22. The highest BCUT2D eigenvalue weighted by atomic mass is 19.4. The molecule has 4 aromatic rings. The van der Waals surface area contributed by atoms with E-state index in [1.807, 2.05) is 6.07 Å². The van der Waals surface area contributed by atoms with Crippen LogP contribution in [-0.4, -0.2) is 19.7 Å². The highest BCUT2D eigenvalue weighted by molar-refractivity contribution is 5.85. The van der Waals surface area contributed by atoms with Gasteiger partial charge in [0, 0.05) is 35.3 Å². The van der Waals surface area contributed by atoms with Crippen LogP contribution in [0.2, 0.25) is 0 Å². The molecule has 2 heterocycles. The van der Waals surface area contributed by atoms with Gasteiger partial charge in [-0.1, -0.05) is 30.3 Å². The lowest BCUT2D eigenvalue weighted by atomic mass is 10.1. The number of alkyl halides is 6. The van der Waals surface area contributed by atoms with Crippen LogP contribution in [-0.2, 0) is 12.4 Å². The first kappa shape index (κ1) is 23.7. The van der Waals surface area contributed by atoms with Crippen LogP contribution in [0.15, 0.2) is 73.1 Å². The first-order valence-corrected chi connectivity index (χ1v) is 9.90. The van der Waals surface area contributed by atoms with E-state index >= 15 is 0 Å². The van der Waals surface area contributed by atoms with Gasteiger partial charge < -0.3 is 0 Å². The van der Waals surface area contributed by atoms with E-state index in [4.69, 9.17) is 0 Å². The first-order chi connectivity index (χ1) is 16.6. The zero-order valence-corrected chi connectivity index (χ0v) is 17.5. The fourth-order valence-electron chi connectivity index (χ4n) is 3.16. The standard InChI is InChI=1S/C24H13F6N5/c25-23(26,27)19-7-3-15(4-8-19)21-33-22(16-5-9-20(10-6-16)24(28,29)30)35(34-21)14-18(12-31)17-2-1-11-32-13-17/h1-11,13-14H/b18-14-. The Balaban J connectivity index is 1.83. The Hall–Kier alpha value is -4.46. The van der Waals surface area contributed by atoms with Crippen LogP contribution >= 0.6 is 0 Å². The molecule has 0 unspecified atom stereocenters. The second-order valence-corrected chi connectivity index (χ2v) is 7.25. The predicted molar refractivity (Wildman–Crippen MR) is 115 cm³/mol. The number of rotatable bonds is 4. The smallest absolute Gasteiger partial charge is 0.264 e. The monoisotopic (exact) mass is 485 g/mol. The summed E-state index contributed by atoms with van der Waals surface area (Å²) in [6.07, 6.45) is -4.77. The van der Waals surface area contributed by atoms with Crippen molar-refractivity contribution in [1.29, 1.82) is 5.26 Å². The van der Waals surface area contributed by atoms with Crippen LogP contribution in [0.25, 0.3) is 34.5 Å². The van der Waals surface area contributed by atoms with E-state index in [0.717, 1.165) is 24.3 Å². The first-order valence-electron chi connectivity index (χ1n) is 9.90. The number of hydrogen-bond acceptors (Lipinski definition) is 4. The maximum atomic E-state index is 13.0. The number of nitriles is 1. The van der Waals surface area contributed by atoms with Crippen LogP contribution in [0, 0.1) is 11.3 Å². The molecule has 0 N–H and O–H groups in total. The number of halogens is 6. The molecule has 0 aliphatic heterocycles. The second-order valence-electron chi connectivity index (χ2n) is 7.25. The number of allylic oxidation sites excluding steroid dienone is 1. The van der Waals surface area contributed by atoms with Gasteiger partial charge in [-0.2, -0.15) is 31.6 Å². The Kier molecular flexibility index (Phi) is 6.13. The van der Waals surface area contributed by atoms with Crippen molar-refractivity contribution in [2.24, 2.45) is 0 Å². The Morgan fingerprint density at radius 3 is 1.89 bits per heavy atom. The number of pyridine rings is 1. The fraction of sp³-hybridized carbons (Fsp3) is 0.0833. The van der Waals surface area contributed by atoms with Crippen molar-refractivity contribution in [3.63, 3.8) is 0 Å². The molecule has 2 aromatic heterocycles. The molecule has 11 heteroatoms. The highest BCUT2D eigenvalue weighted by Crippen LogP contribution is 2.33. The van der Waals surface area contributed by atoms with Gasteiger partial charge in [-0.05, 0) is 30.3 Å². The number of benzene rings is 2. The van der Waals surface area contributed by atoms with Crippen LogP contribution in [0.1, 0.15) is 16.7 Å². The largest absolute Gasteiger partial charge is 0.416 e. The van der Waals surface area contributed by atoms with Crippen LogP contribution in [0.5, 0.6) is 0 Å². The molecule has 5 nitrogen and oxygen atoms in total. The van der Waals surface area contributed by atoms with Crippen molar-refractivity contribution < 1.29 is 26.3 Å². The van der Waals surface area contributed by atoms with Gasteiger partial charge in [-0.25, -0.2) is 9.67 Å². The van der Waals surface area contributed by atoms with Crippen LogP contribution in [0.3, 0.4) is 0 Å². The van der Waals surface area contributed by atoms with Crippen molar-refractivity contribution in [1.82, 2.24) is 19.7 Å². The van der Waals surface area contributed by atoms with E-state index < -0.39 is 23.5 Å². The Bertz CT molecular complexity index is 1390. The molecule has 0 fully saturated rings. The van der Waals surface area contributed by atoms with Gasteiger partial charge in [0.15, 0.2) is 11.6 Å². The molecule has 176 valence electrons. The zero-order valence-electron chi connectivity index (χ0n) is 17.5. The maximum Gasteiger partial charge on any atom is 0.416 e. The summed E-state index contributed by atoms with van der Waals surface area (Å²) in [6.45, 7) is 0. The van der Waals surface area contributed by atoms with Crippen molar-refractivity contribution in [2.45, 2.75) is 12.4 Å².